The molecule has 0 aromatic carbocycles. The lowest BCUT2D eigenvalue weighted by molar-refractivity contribution is -0.0361. The summed E-state index contributed by atoms with van der Waals surface area (Å²) in [7, 11) is 1.60. The molecule has 0 amide bonds. The highest BCUT2D eigenvalue weighted by molar-refractivity contribution is 6.30. The second kappa shape index (κ2) is 10.2. The molecule has 0 radical (unpaired) electrons. The van der Waals surface area contributed by atoms with Crippen molar-refractivity contribution in [2.75, 3.05) is 29.6 Å². The average Bonchev–Trinajstić information content (AvgIpc) is 2.79. The van der Waals surface area contributed by atoms with Gasteiger partial charge in [-0.1, -0.05) is 6.58 Å². The lowest BCUT2D eigenvalue weighted by Gasteiger charge is -2.29. The zero-order valence-corrected chi connectivity index (χ0v) is 18.5. The number of allylic oxidation sites excluding steroid dienone is 1. The van der Waals surface area contributed by atoms with Crippen LogP contribution in [0.4, 0.5) is 30.6 Å². The Morgan fingerprint density at radius 2 is 1.94 bits per heavy atom. The highest BCUT2D eigenvalue weighted by Gasteiger charge is 2.35. The monoisotopic (exact) mass is 464 g/mol. The van der Waals surface area contributed by atoms with Gasteiger partial charge in [0.05, 0.1) is 17.7 Å². The maximum Gasteiger partial charge on any atom is 0.248 e. The highest BCUT2D eigenvalue weighted by Crippen LogP contribution is 2.34. The molecule has 0 unspecified atom stereocenters. The van der Waals surface area contributed by atoms with Crippen molar-refractivity contribution in [3.05, 3.63) is 42.1 Å². The molecule has 33 heavy (non-hydrogen) atoms. The van der Waals surface area contributed by atoms with Crippen molar-refractivity contribution in [2.45, 2.75) is 50.6 Å². The molecule has 2 aromatic rings. The first kappa shape index (κ1) is 24.4. The molecule has 1 fully saturated rings. The largest absolute Gasteiger partial charge is 0.394 e. The van der Waals surface area contributed by atoms with E-state index >= 15 is 0 Å². The van der Waals surface area contributed by atoms with Gasteiger partial charge in [-0.25, -0.2) is 23.7 Å². The van der Waals surface area contributed by atoms with Gasteiger partial charge in [0.2, 0.25) is 11.9 Å². The third-order valence-electron chi connectivity index (χ3n) is 5.48. The number of ketones is 1. The van der Waals surface area contributed by atoms with E-state index in [2.05, 4.69) is 37.5 Å². The number of carbonyl (C=O) groups is 1. The molecule has 0 saturated heterocycles. The second-order valence-electron chi connectivity index (χ2n) is 8.04. The van der Waals surface area contributed by atoms with Crippen molar-refractivity contribution in [1.82, 2.24) is 15.0 Å². The minimum Gasteiger partial charge on any atom is -0.394 e. The van der Waals surface area contributed by atoms with Gasteiger partial charge in [-0.15, -0.1) is 0 Å². The maximum atomic E-state index is 14.8. The van der Waals surface area contributed by atoms with Crippen LogP contribution in [0.5, 0.6) is 0 Å². The van der Waals surface area contributed by atoms with Gasteiger partial charge < -0.3 is 21.1 Å². The molecule has 2 heterocycles. The molecular weight excluding hydrogens is 437 g/mol. The summed E-state index contributed by atoms with van der Waals surface area (Å²) in [6.07, 6.45) is 1.31. The Balaban J connectivity index is 1.81. The summed E-state index contributed by atoms with van der Waals surface area (Å²) in [6, 6.07) is 2.11. The number of pyridine rings is 1. The van der Waals surface area contributed by atoms with E-state index in [0.717, 1.165) is 0 Å². The Kier molecular flexibility index (Phi) is 7.52. The lowest BCUT2D eigenvalue weighted by atomic mass is 9.92. The number of hydrogen-bond acceptors (Lipinski definition) is 8. The number of anilines is 3. The summed E-state index contributed by atoms with van der Waals surface area (Å²) in [5, 5.41) is 18.1. The van der Waals surface area contributed by atoms with Gasteiger partial charge in [-0.2, -0.15) is 4.39 Å². The van der Waals surface area contributed by atoms with Crippen LogP contribution in [0.1, 0.15) is 48.5 Å². The lowest BCUT2D eigenvalue weighted by Crippen LogP contribution is -2.32. The summed E-state index contributed by atoms with van der Waals surface area (Å²) in [5.41, 5.74) is -0.119. The van der Waals surface area contributed by atoms with Gasteiger partial charge >= 0.3 is 0 Å². The molecule has 11 heteroatoms. The van der Waals surface area contributed by atoms with Crippen LogP contribution in [0.3, 0.4) is 0 Å². The number of halogens is 3. The summed E-state index contributed by atoms with van der Waals surface area (Å²) >= 11 is 0. The van der Waals surface area contributed by atoms with E-state index in [1.807, 2.05) is 0 Å². The topological polar surface area (TPSA) is 112 Å². The SMILES string of the molecule is C=C(C(=O)c1ccc(NC2CCC(F)(F)CC2)nc1F)c1c(NC)ncnc1N[C@H](C)CO. The van der Waals surface area contributed by atoms with Gasteiger partial charge in [0.15, 0.2) is 5.78 Å². The van der Waals surface area contributed by atoms with Gasteiger partial charge in [0.1, 0.15) is 23.8 Å². The molecule has 1 aliphatic rings. The van der Waals surface area contributed by atoms with Gasteiger partial charge in [-0.05, 0) is 31.9 Å². The van der Waals surface area contributed by atoms with Crippen molar-refractivity contribution in [2.24, 2.45) is 0 Å². The normalized spacial score (nSPS) is 16.7. The predicted octanol–water partition coefficient (Wildman–Crippen LogP) is 3.73. The number of aromatic nitrogens is 3. The van der Waals surface area contributed by atoms with Crippen LogP contribution in [-0.4, -0.2) is 57.5 Å². The van der Waals surface area contributed by atoms with Crippen molar-refractivity contribution < 1.29 is 23.1 Å². The van der Waals surface area contributed by atoms with Crippen molar-refractivity contribution in [3.63, 3.8) is 0 Å². The first-order chi connectivity index (χ1) is 15.6. The number of hydrogen-bond donors (Lipinski definition) is 4. The van der Waals surface area contributed by atoms with Crippen LogP contribution in [0.2, 0.25) is 0 Å². The maximum absolute atomic E-state index is 14.8. The number of carbonyl (C=O) groups excluding carboxylic acids is 1. The highest BCUT2D eigenvalue weighted by atomic mass is 19.3. The first-order valence-electron chi connectivity index (χ1n) is 10.6. The zero-order valence-electron chi connectivity index (χ0n) is 18.5. The fourth-order valence-electron chi connectivity index (χ4n) is 3.60. The Morgan fingerprint density at radius 3 is 2.55 bits per heavy atom. The molecule has 2 aromatic heterocycles. The summed E-state index contributed by atoms with van der Waals surface area (Å²) < 4.78 is 41.4. The van der Waals surface area contributed by atoms with Crippen LogP contribution < -0.4 is 16.0 Å². The second-order valence-corrected chi connectivity index (χ2v) is 8.04. The summed E-state index contributed by atoms with van der Waals surface area (Å²) in [5.74, 6) is -3.65. The number of aliphatic hydroxyl groups excluding tert-OH is 1. The third-order valence-corrected chi connectivity index (χ3v) is 5.48. The van der Waals surface area contributed by atoms with Crippen LogP contribution >= 0.6 is 0 Å². The molecule has 1 saturated carbocycles. The van der Waals surface area contributed by atoms with Gasteiger partial charge in [0, 0.05) is 37.5 Å². The van der Waals surface area contributed by atoms with Crippen LogP contribution in [0.25, 0.3) is 5.57 Å². The molecule has 3 rings (SSSR count). The van der Waals surface area contributed by atoms with Crippen LogP contribution in [0.15, 0.2) is 25.0 Å². The van der Waals surface area contributed by atoms with Crippen LogP contribution in [-0.2, 0) is 0 Å². The van der Waals surface area contributed by atoms with Gasteiger partial charge in [-0.3, -0.25) is 4.79 Å². The number of aliphatic hydroxyl groups is 1. The minimum absolute atomic E-state index is 0.0662. The fourth-order valence-corrected chi connectivity index (χ4v) is 3.60. The zero-order chi connectivity index (χ0) is 24.2. The standard InChI is InChI=1S/C22H27F3N6O2/c1-12(10-32)29-21-17(20(26-3)27-11-28-21)13(2)18(33)15-4-5-16(31-19(15)23)30-14-6-8-22(24,25)9-7-14/h4-5,11-12,14,32H,2,6-10H2,1,3H3,(H,30,31)(H2,26,27,28,29)/t12-/m1/s1. The minimum atomic E-state index is -2.66. The van der Waals surface area contributed by atoms with E-state index in [-0.39, 0.29) is 72.7 Å². The number of Topliss-reactive ketones (excluding diaryl/α,β-unsaturated/α-hetero) is 1. The van der Waals surface area contributed by atoms with Crippen molar-refractivity contribution >= 4 is 28.8 Å². The molecule has 0 bridgehead atoms. The van der Waals surface area contributed by atoms with E-state index in [9.17, 15) is 23.1 Å². The Morgan fingerprint density at radius 1 is 1.27 bits per heavy atom. The fraction of sp³-hybridized carbons (Fsp3) is 0.455. The Labute approximate surface area is 189 Å². The Bertz CT molecular complexity index is 1020. The van der Waals surface area contributed by atoms with E-state index in [0.29, 0.717) is 5.82 Å². The molecule has 1 atom stereocenters. The van der Waals surface area contributed by atoms with E-state index in [1.165, 1.54) is 18.5 Å². The van der Waals surface area contributed by atoms with Crippen LogP contribution in [0, 0.1) is 5.95 Å². The molecule has 178 valence electrons. The summed E-state index contributed by atoms with van der Waals surface area (Å²) in [4.78, 5) is 25.1. The van der Waals surface area contributed by atoms with E-state index in [1.54, 1.807) is 14.0 Å². The number of nitrogens with one attached hydrogen (secondary N) is 3. The first-order valence-corrected chi connectivity index (χ1v) is 10.6. The van der Waals surface area contributed by atoms with Gasteiger partial charge in [0.25, 0.3) is 0 Å². The molecular formula is C22H27F3N6O2. The van der Waals surface area contributed by atoms with E-state index < -0.39 is 17.7 Å². The molecule has 8 nitrogen and oxygen atoms in total. The molecule has 0 aliphatic heterocycles. The van der Waals surface area contributed by atoms with Crippen molar-refractivity contribution in [1.29, 1.82) is 0 Å². The quantitative estimate of drug-likeness (QED) is 0.252. The third kappa shape index (κ3) is 5.78. The Hall–Kier alpha value is -3.21. The molecule has 4 N–H and O–H groups in total. The predicted molar refractivity (Wildman–Crippen MR) is 120 cm³/mol. The smallest absolute Gasteiger partial charge is 0.248 e. The summed E-state index contributed by atoms with van der Waals surface area (Å²) in [6.45, 7) is 5.37. The molecule has 0 spiro atoms. The van der Waals surface area contributed by atoms with Crippen molar-refractivity contribution in [3.8, 4) is 0 Å². The number of nitrogens with zero attached hydrogens (tertiary/aromatic N) is 3. The average molecular weight is 464 g/mol. The number of alkyl halides is 2. The number of rotatable bonds is 9. The van der Waals surface area contributed by atoms with E-state index in [4.69, 9.17) is 0 Å². The molecule has 1 aliphatic carbocycles.